The molecule has 0 spiro atoms. The number of carbonyl (C=O) groups is 1. The van der Waals surface area contributed by atoms with Gasteiger partial charge < -0.3 is 0 Å². The lowest BCUT2D eigenvalue weighted by Gasteiger charge is -2.19. The van der Waals surface area contributed by atoms with E-state index in [0.29, 0.717) is 0 Å². The molecular formula is C21H26O. The van der Waals surface area contributed by atoms with E-state index in [2.05, 4.69) is 67.5 Å². The van der Waals surface area contributed by atoms with Gasteiger partial charge in [-0.3, -0.25) is 4.79 Å². The van der Waals surface area contributed by atoms with Gasteiger partial charge in [-0.05, 0) is 99.9 Å². The topological polar surface area (TPSA) is 17.1 Å². The average Bonchev–Trinajstić information content (AvgIpc) is 2.44. The van der Waals surface area contributed by atoms with Gasteiger partial charge >= 0.3 is 0 Å². The maximum atomic E-state index is 13.3. The summed E-state index contributed by atoms with van der Waals surface area (Å²) in [6.07, 6.45) is 0. The first-order valence-corrected chi connectivity index (χ1v) is 7.86. The Hall–Kier alpha value is -1.89. The summed E-state index contributed by atoms with van der Waals surface area (Å²) >= 11 is 0. The molecule has 0 aliphatic carbocycles. The van der Waals surface area contributed by atoms with Crippen LogP contribution in [0.5, 0.6) is 0 Å². The molecule has 0 saturated heterocycles. The van der Waals surface area contributed by atoms with E-state index >= 15 is 0 Å². The molecule has 2 rings (SSSR count). The highest BCUT2D eigenvalue weighted by atomic mass is 16.1. The number of benzene rings is 2. The third kappa shape index (κ3) is 2.49. The quantitative estimate of drug-likeness (QED) is 0.679. The molecule has 22 heavy (non-hydrogen) atoms. The van der Waals surface area contributed by atoms with Crippen LogP contribution in [0.25, 0.3) is 0 Å². The van der Waals surface area contributed by atoms with Gasteiger partial charge in [0.1, 0.15) is 0 Å². The first-order chi connectivity index (χ1) is 10.2. The number of aryl methyl sites for hydroxylation is 4. The van der Waals surface area contributed by atoms with Crippen molar-refractivity contribution in [1.82, 2.24) is 0 Å². The molecule has 2 aromatic carbocycles. The van der Waals surface area contributed by atoms with E-state index in [4.69, 9.17) is 0 Å². The lowest BCUT2D eigenvalue weighted by molar-refractivity contribution is 0.103. The van der Waals surface area contributed by atoms with E-state index in [1.165, 1.54) is 22.3 Å². The van der Waals surface area contributed by atoms with Gasteiger partial charge in [0.05, 0.1) is 0 Å². The van der Waals surface area contributed by atoms with Crippen LogP contribution in [-0.2, 0) is 0 Å². The van der Waals surface area contributed by atoms with Crippen molar-refractivity contribution in [2.75, 3.05) is 0 Å². The van der Waals surface area contributed by atoms with Crippen LogP contribution in [0.3, 0.4) is 0 Å². The van der Waals surface area contributed by atoms with Crippen LogP contribution in [0.15, 0.2) is 12.1 Å². The Morgan fingerprint density at radius 1 is 0.545 bits per heavy atom. The summed E-state index contributed by atoms with van der Waals surface area (Å²) in [5.41, 5.74) is 10.9. The molecular weight excluding hydrogens is 268 g/mol. The fraction of sp³-hybridized carbons (Fsp3) is 0.381. The Kier molecular flexibility index (Phi) is 4.28. The van der Waals surface area contributed by atoms with Crippen molar-refractivity contribution < 1.29 is 4.79 Å². The standard InChI is InChI=1S/C21H26O/c1-11-9-12(2)16(6)19(15(11)5)21(22)20-17(7)13(3)10-14(4)18(20)8/h9-10H,1-8H3. The van der Waals surface area contributed by atoms with E-state index in [-0.39, 0.29) is 5.78 Å². The zero-order valence-electron chi connectivity index (χ0n) is 15.1. The van der Waals surface area contributed by atoms with E-state index in [1.807, 2.05) is 0 Å². The zero-order chi connectivity index (χ0) is 16.8. The predicted octanol–water partition coefficient (Wildman–Crippen LogP) is 5.38. The molecule has 1 heteroatoms. The molecule has 1 nitrogen and oxygen atoms in total. The summed E-state index contributed by atoms with van der Waals surface area (Å²) in [6.45, 7) is 16.6. The highest BCUT2D eigenvalue weighted by molar-refractivity contribution is 6.13. The smallest absolute Gasteiger partial charge is 0.194 e. The fourth-order valence-electron chi connectivity index (χ4n) is 3.24. The van der Waals surface area contributed by atoms with Crippen molar-refractivity contribution in [2.45, 2.75) is 55.4 Å². The summed E-state index contributed by atoms with van der Waals surface area (Å²) in [5.74, 6) is 0.170. The van der Waals surface area contributed by atoms with Crippen molar-refractivity contribution in [2.24, 2.45) is 0 Å². The molecule has 0 unspecified atom stereocenters. The van der Waals surface area contributed by atoms with Crippen molar-refractivity contribution in [3.05, 3.63) is 67.8 Å². The van der Waals surface area contributed by atoms with Gasteiger partial charge in [0.25, 0.3) is 0 Å². The Balaban J connectivity index is 2.80. The number of hydrogen-bond donors (Lipinski definition) is 0. The van der Waals surface area contributed by atoms with Gasteiger partial charge in [0.2, 0.25) is 0 Å². The van der Waals surface area contributed by atoms with Crippen molar-refractivity contribution in [1.29, 1.82) is 0 Å². The first-order valence-electron chi connectivity index (χ1n) is 7.86. The van der Waals surface area contributed by atoms with Gasteiger partial charge in [-0.2, -0.15) is 0 Å². The summed E-state index contributed by atoms with van der Waals surface area (Å²) < 4.78 is 0. The molecule has 0 heterocycles. The molecule has 0 bridgehead atoms. The van der Waals surface area contributed by atoms with Gasteiger partial charge in [0, 0.05) is 11.1 Å². The van der Waals surface area contributed by atoms with Crippen LogP contribution in [-0.4, -0.2) is 5.78 Å². The second kappa shape index (κ2) is 5.72. The second-order valence-electron chi connectivity index (χ2n) is 6.60. The third-order valence-corrected chi connectivity index (χ3v) is 5.19. The summed E-state index contributed by atoms with van der Waals surface area (Å²) in [6, 6.07) is 4.34. The van der Waals surface area contributed by atoms with E-state index in [9.17, 15) is 4.79 Å². The molecule has 0 N–H and O–H groups in total. The van der Waals surface area contributed by atoms with E-state index < -0.39 is 0 Å². The Labute approximate surface area is 134 Å². The Morgan fingerprint density at radius 2 is 0.773 bits per heavy atom. The molecule has 0 aromatic heterocycles. The Bertz CT molecular complexity index is 661. The van der Waals surface area contributed by atoms with Crippen LogP contribution in [0.1, 0.15) is 60.4 Å². The molecule has 0 fully saturated rings. The SMILES string of the molecule is Cc1cc(C)c(C)c(C(=O)c2c(C)c(C)cc(C)c2C)c1C. The molecule has 0 saturated carbocycles. The number of rotatable bonds is 2. The van der Waals surface area contributed by atoms with E-state index in [1.54, 1.807) is 0 Å². The highest BCUT2D eigenvalue weighted by Crippen LogP contribution is 2.29. The maximum Gasteiger partial charge on any atom is 0.194 e. The first kappa shape index (κ1) is 16.5. The largest absolute Gasteiger partial charge is 0.289 e. The maximum absolute atomic E-state index is 13.3. The predicted molar refractivity (Wildman–Crippen MR) is 94.2 cm³/mol. The van der Waals surface area contributed by atoms with Crippen molar-refractivity contribution in [3.63, 3.8) is 0 Å². The van der Waals surface area contributed by atoms with Crippen molar-refractivity contribution >= 4 is 5.78 Å². The van der Waals surface area contributed by atoms with E-state index in [0.717, 1.165) is 33.4 Å². The van der Waals surface area contributed by atoms with Crippen LogP contribution in [0.2, 0.25) is 0 Å². The molecule has 0 atom stereocenters. The summed E-state index contributed by atoms with van der Waals surface area (Å²) in [4.78, 5) is 13.3. The highest BCUT2D eigenvalue weighted by Gasteiger charge is 2.22. The summed E-state index contributed by atoms with van der Waals surface area (Å²) in [5, 5.41) is 0. The van der Waals surface area contributed by atoms with Gasteiger partial charge in [-0.1, -0.05) is 12.1 Å². The molecule has 0 radical (unpaired) electrons. The number of hydrogen-bond acceptors (Lipinski definition) is 1. The second-order valence-corrected chi connectivity index (χ2v) is 6.60. The molecule has 0 aliphatic heterocycles. The fourth-order valence-corrected chi connectivity index (χ4v) is 3.24. The van der Waals surface area contributed by atoms with Crippen LogP contribution >= 0.6 is 0 Å². The van der Waals surface area contributed by atoms with Crippen LogP contribution in [0.4, 0.5) is 0 Å². The number of carbonyl (C=O) groups excluding carboxylic acids is 1. The van der Waals surface area contributed by atoms with Crippen molar-refractivity contribution in [3.8, 4) is 0 Å². The lowest BCUT2D eigenvalue weighted by atomic mass is 9.84. The molecule has 0 amide bonds. The minimum Gasteiger partial charge on any atom is -0.289 e. The number of ketones is 1. The van der Waals surface area contributed by atoms with Crippen LogP contribution < -0.4 is 0 Å². The average molecular weight is 294 g/mol. The minimum absolute atomic E-state index is 0.170. The molecule has 116 valence electrons. The third-order valence-electron chi connectivity index (χ3n) is 5.19. The normalized spacial score (nSPS) is 10.9. The van der Waals surface area contributed by atoms with Gasteiger partial charge in [0.15, 0.2) is 5.78 Å². The lowest BCUT2D eigenvalue weighted by Crippen LogP contribution is -2.13. The van der Waals surface area contributed by atoms with Gasteiger partial charge in [-0.15, -0.1) is 0 Å². The summed E-state index contributed by atoms with van der Waals surface area (Å²) in [7, 11) is 0. The van der Waals surface area contributed by atoms with Crippen LogP contribution in [0, 0.1) is 55.4 Å². The minimum atomic E-state index is 0.170. The monoisotopic (exact) mass is 294 g/mol. The van der Waals surface area contributed by atoms with Gasteiger partial charge in [-0.25, -0.2) is 0 Å². The Morgan fingerprint density at radius 3 is 1.00 bits per heavy atom. The zero-order valence-corrected chi connectivity index (χ0v) is 15.1. The molecule has 0 aliphatic rings. The molecule has 2 aromatic rings.